The molecule has 2 aromatic carbocycles. The van der Waals surface area contributed by atoms with Crippen LogP contribution in [0.25, 0.3) is 22.2 Å². The SMILES string of the molecule is O=C(Nc1cc(-c2cccc(F)c2)no1)c1ccc2c(Cl)c3c(nc2c1)CCCC3. The zero-order valence-electron chi connectivity index (χ0n) is 15.9. The Morgan fingerprint density at radius 3 is 2.83 bits per heavy atom. The monoisotopic (exact) mass is 421 g/mol. The summed E-state index contributed by atoms with van der Waals surface area (Å²) >= 11 is 6.60. The number of pyridine rings is 1. The number of anilines is 1. The second-order valence-corrected chi connectivity index (χ2v) is 7.71. The molecule has 0 spiro atoms. The van der Waals surface area contributed by atoms with Crippen molar-refractivity contribution in [2.45, 2.75) is 25.7 Å². The van der Waals surface area contributed by atoms with Gasteiger partial charge in [0.15, 0.2) is 0 Å². The zero-order valence-corrected chi connectivity index (χ0v) is 16.7. The molecule has 30 heavy (non-hydrogen) atoms. The van der Waals surface area contributed by atoms with Crippen LogP contribution >= 0.6 is 11.6 Å². The van der Waals surface area contributed by atoms with Crippen LogP contribution in [0.4, 0.5) is 10.3 Å². The molecule has 5 nitrogen and oxygen atoms in total. The highest BCUT2D eigenvalue weighted by molar-refractivity contribution is 6.36. The van der Waals surface area contributed by atoms with E-state index in [9.17, 15) is 9.18 Å². The van der Waals surface area contributed by atoms with Crippen molar-refractivity contribution in [1.29, 1.82) is 0 Å². The van der Waals surface area contributed by atoms with Crippen molar-refractivity contribution in [3.63, 3.8) is 0 Å². The van der Waals surface area contributed by atoms with Gasteiger partial charge in [-0.05, 0) is 55.5 Å². The first-order valence-corrected chi connectivity index (χ1v) is 10.1. The van der Waals surface area contributed by atoms with Crippen molar-refractivity contribution < 1.29 is 13.7 Å². The third-order valence-corrected chi connectivity index (χ3v) is 5.75. The van der Waals surface area contributed by atoms with Gasteiger partial charge in [0.2, 0.25) is 5.88 Å². The number of carbonyl (C=O) groups excluding carboxylic acids is 1. The summed E-state index contributed by atoms with van der Waals surface area (Å²) < 4.78 is 18.6. The van der Waals surface area contributed by atoms with Crippen molar-refractivity contribution in [1.82, 2.24) is 10.1 Å². The molecule has 0 unspecified atom stereocenters. The molecule has 0 radical (unpaired) electrons. The molecule has 7 heteroatoms. The van der Waals surface area contributed by atoms with Crippen LogP contribution in [0.15, 0.2) is 53.1 Å². The number of amides is 1. The second kappa shape index (κ2) is 7.54. The van der Waals surface area contributed by atoms with E-state index < -0.39 is 0 Å². The molecule has 150 valence electrons. The molecule has 2 aromatic heterocycles. The summed E-state index contributed by atoms with van der Waals surface area (Å²) in [7, 11) is 0. The highest BCUT2D eigenvalue weighted by Crippen LogP contribution is 2.33. The van der Waals surface area contributed by atoms with Gasteiger partial charge in [-0.15, -0.1) is 0 Å². The van der Waals surface area contributed by atoms with Crippen LogP contribution in [0.3, 0.4) is 0 Å². The molecule has 2 heterocycles. The van der Waals surface area contributed by atoms with E-state index in [-0.39, 0.29) is 17.6 Å². The molecule has 0 fully saturated rings. The minimum absolute atomic E-state index is 0.177. The number of aromatic nitrogens is 2. The average Bonchev–Trinajstić information content (AvgIpc) is 3.22. The Morgan fingerprint density at radius 1 is 1.10 bits per heavy atom. The largest absolute Gasteiger partial charge is 0.338 e. The zero-order chi connectivity index (χ0) is 20.7. The van der Waals surface area contributed by atoms with Crippen LogP contribution in [-0.2, 0) is 12.8 Å². The summed E-state index contributed by atoms with van der Waals surface area (Å²) in [4.78, 5) is 17.5. The minimum atomic E-state index is -0.370. The van der Waals surface area contributed by atoms with Crippen LogP contribution in [0.2, 0.25) is 5.02 Å². The van der Waals surface area contributed by atoms with Gasteiger partial charge in [-0.2, -0.15) is 0 Å². The lowest BCUT2D eigenvalue weighted by atomic mass is 9.94. The summed E-state index contributed by atoms with van der Waals surface area (Å²) in [5.74, 6) is -0.545. The van der Waals surface area contributed by atoms with Gasteiger partial charge in [0.1, 0.15) is 11.5 Å². The van der Waals surface area contributed by atoms with Gasteiger partial charge >= 0.3 is 0 Å². The van der Waals surface area contributed by atoms with E-state index in [2.05, 4.69) is 10.5 Å². The molecule has 1 aliphatic carbocycles. The van der Waals surface area contributed by atoms with Gasteiger partial charge in [0, 0.05) is 28.3 Å². The summed E-state index contributed by atoms with van der Waals surface area (Å²) in [6.07, 6.45) is 4.07. The molecule has 0 aliphatic heterocycles. The number of nitrogens with one attached hydrogen (secondary N) is 1. The lowest BCUT2D eigenvalue weighted by molar-refractivity contribution is 0.102. The standard InChI is InChI=1S/C23H17ClFN3O2/c24-22-16-6-1-2-7-18(16)26-20-11-14(8-9-17(20)22)23(29)27-21-12-19(28-30-21)13-4-3-5-15(25)10-13/h3-5,8-12H,1-2,6-7H2,(H,27,29). The number of fused-ring (bicyclic) bond motifs is 2. The molecule has 0 atom stereocenters. The van der Waals surface area contributed by atoms with Crippen molar-refractivity contribution in [2.24, 2.45) is 0 Å². The first kappa shape index (κ1) is 18.8. The van der Waals surface area contributed by atoms with E-state index in [1.807, 2.05) is 6.07 Å². The lowest BCUT2D eigenvalue weighted by Gasteiger charge is -2.17. The van der Waals surface area contributed by atoms with Crippen LogP contribution in [0.1, 0.15) is 34.5 Å². The van der Waals surface area contributed by atoms with Crippen molar-refractivity contribution in [3.8, 4) is 11.3 Å². The molecule has 1 N–H and O–H groups in total. The maximum atomic E-state index is 13.4. The minimum Gasteiger partial charge on any atom is -0.338 e. The Morgan fingerprint density at radius 2 is 1.97 bits per heavy atom. The molecule has 0 saturated heterocycles. The fraction of sp³-hybridized carbons (Fsp3) is 0.174. The first-order valence-electron chi connectivity index (χ1n) is 9.73. The van der Waals surface area contributed by atoms with Gasteiger partial charge in [-0.3, -0.25) is 15.1 Å². The van der Waals surface area contributed by atoms with Crippen LogP contribution in [-0.4, -0.2) is 16.0 Å². The van der Waals surface area contributed by atoms with Gasteiger partial charge in [0.25, 0.3) is 5.91 Å². The predicted molar refractivity (Wildman–Crippen MR) is 113 cm³/mol. The Kier molecular flexibility index (Phi) is 4.71. The van der Waals surface area contributed by atoms with Crippen LogP contribution in [0, 0.1) is 5.82 Å². The smallest absolute Gasteiger partial charge is 0.258 e. The van der Waals surface area contributed by atoms with Crippen molar-refractivity contribution >= 4 is 34.3 Å². The number of benzene rings is 2. The topological polar surface area (TPSA) is 68.0 Å². The number of aryl methyl sites for hydroxylation is 1. The Bertz CT molecular complexity index is 1280. The van der Waals surface area contributed by atoms with E-state index in [4.69, 9.17) is 21.1 Å². The van der Waals surface area contributed by atoms with E-state index in [0.29, 0.717) is 22.3 Å². The number of nitrogens with zero attached hydrogens (tertiary/aromatic N) is 2. The van der Waals surface area contributed by atoms with E-state index in [1.165, 1.54) is 12.1 Å². The highest BCUT2D eigenvalue weighted by Gasteiger charge is 2.18. The average molecular weight is 422 g/mol. The molecule has 0 saturated carbocycles. The predicted octanol–water partition coefficient (Wildman–Crippen LogP) is 5.81. The molecule has 0 bridgehead atoms. The van der Waals surface area contributed by atoms with Gasteiger partial charge in [0.05, 0.1) is 10.5 Å². The molecule has 4 aromatic rings. The summed E-state index contributed by atoms with van der Waals surface area (Å²) in [5.41, 5.74) is 4.28. The normalized spacial score (nSPS) is 13.3. The molecule has 5 rings (SSSR count). The quantitative estimate of drug-likeness (QED) is 0.453. The summed E-state index contributed by atoms with van der Waals surface area (Å²) in [6.45, 7) is 0. The third-order valence-electron chi connectivity index (χ3n) is 5.32. The number of hydrogen-bond donors (Lipinski definition) is 1. The number of hydrogen-bond acceptors (Lipinski definition) is 4. The lowest BCUT2D eigenvalue weighted by Crippen LogP contribution is -2.12. The Balaban J connectivity index is 1.41. The second-order valence-electron chi connectivity index (χ2n) is 7.33. The van der Waals surface area contributed by atoms with E-state index in [1.54, 1.807) is 30.3 Å². The maximum Gasteiger partial charge on any atom is 0.258 e. The molecular formula is C23H17ClFN3O2. The summed E-state index contributed by atoms with van der Waals surface area (Å²) in [6, 6.07) is 12.8. The van der Waals surface area contributed by atoms with Gasteiger partial charge in [-0.1, -0.05) is 35.0 Å². The number of rotatable bonds is 3. The number of carbonyl (C=O) groups is 1. The van der Waals surface area contributed by atoms with Gasteiger partial charge < -0.3 is 4.52 Å². The molecule has 1 amide bonds. The fourth-order valence-corrected chi connectivity index (χ4v) is 4.17. The first-order chi connectivity index (χ1) is 14.6. The maximum absolute atomic E-state index is 13.4. The van der Waals surface area contributed by atoms with Crippen LogP contribution < -0.4 is 5.32 Å². The van der Waals surface area contributed by atoms with Crippen molar-refractivity contribution in [2.75, 3.05) is 5.32 Å². The summed E-state index contributed by atoms with van der Waals surface area (Å²) in [5, 5.41) is 8.16. The Hall–Kier alpha value is -3.25. The fourth-order valence-electron chi connectivity index (χ4n) is 3.81. The highest BCUT2D eigenvalue weighted by atomic mass is 35.5. The van der Waals surface area contributed by atoms with Crippen LogP contribution in [0.5, 0.6) is 0 Å². The van der Waals surface area contributed by atoms with Gasteiger partial charge in [-0.25, -0.2) is 4.39 Å². The molecule has 1 aliphatic rings. The number of halogens is 2. The molecular weight excluding hydrogens is 405 g/mol. The van der Waals surface area contributed by atoms with E-state index >= 15 is 0 Å². The van der Waals surface area contributed by atoms with Crippen molar-refractivity contribution in [3.05, 3.63) is 76.2 Å². The van der Waals surface area contributed by atoms with E-state index in [0.717, 1.165) is 47.3 Å². The third kappa shape index (κ3) is 3.44. The Labute approximate surface area is 176 Å².